The van der Waals surface area contributed by atoms with Crippen molar-refractivity contribution >= 4 is 0 Å². The molecule has 1 aromatic heterocycles. The van der Waals surface area contributed by atoms with E-state index < -0.39 is 0 Å². The van der Waals surface area contributed by atoms with E-state index in [1.165, 1.54) is 26.2 Å². The fourth-order valence-electron chi connectivity index (χ4n) is 1.90. The van der Waals surface area contributed by atoms with E-state index in [1.54, 1.807) is 0 Å². The van der Waals surface area contributed by atoms with Gasteiger partial charge >= 0.3 is 0 Å². The molecule has 0 N–H and O–H groups in total. The second-order valence-electron chi connectivity index (χ2n) is 4.37. The van der Waals surface area contributed by atoms with Crippen LogP contribution in [-0.4, -0.2) is 59.4 Å². The fraction of sp³-hybridized carbons (Fsp3) is 0.727. The molecule has 0 spiro atoms. The average molecular weight is 208 g/mol. The molecule has 1 aliphatic heterocycles. The van der Waals surface area contributed by atoms with Gasteiger partial charge in [-0.15, -0.1) is 0 Å². The van der Waals surface area contributed by atoms with Crippen molar-refractivity contribution in [3.63, 3.8) is 0 Å². The number of hydrogen-bond acceptors (Lipinski definition) is 3. The molecule has 4 nitrogen and oxygen atoms in total. The van der Waals surface area contributed by atoms with Crippen LogP contribution in [-0.2, 0) is 6.54 Å². The minimum absolute atomic E-state index is 1.01. The number of nitrogens with zero attached hydrogens (tertiary/aromatic N) is 4. The summed E-state index contributed by atoms with van der Waals surface area (Å²) in [7, 11) is 2.19. The van der Waals surface area contributed by atoms with Gasteiger partial charge in [-0.1, -0.05) is 0 Å². The highest BCUT2D eigenvalue weighted by Gasteiger charge is 2.12. The molecule has 0 radical (unpaired) electrons. The summed E-state index contributed by atoms with van der Waals surface area (Å²) in [6.07, 6.45) is 2.06. The molecule has 1 saturated heterocycles. The molecule has 4 heteroatoms. The van der Waals surface area contributed by atoms with Crippen LogP contribution in [0.25, 0.3) is 0 Å². The van der Waals surface area contributed by atoms with E-state index in [0.717, 1.165) is 18.8 Å². The van der Waals surface area contributed by atoms with Crippen molar-refractivity contribution in [3.8, 4) is 0 Å². The van der Waals surface area contributed by atoms with Gasteiger partial charge < -0.3 is 4.90 Å². The minimum Gasteiger partial charge on any atom is -0.304 e. The fourth-order valence-corrected chi connectivity index (χ4v) is 1.90. The number of piperazine rings is 1. The highest BCUT2D eigenvalue weighted by Crippen LogP contribution is 2.00. The summed E-state index contributed by atoms with van der Waals surface area (Å²) in [6, 6.07) is 2.06. The quantitative estimate of drug-likeness (QED) is 0.720. The van der Waals surface area contributed by atoms with E-state index in [-0.39, 0.29) is 0 Å². The smallest absolute Gasteiger partial charge is 0.0593 e. The van der Waals surface area contributed by atoms with E-state index >= 15 is 0 Å². The molecule has 15 heavy (non-hydrogen) atoms. The molecular weight excluding hydrogens is 188 g/mol. The van der Waals surface area contributed by atoms with Crippen LogP contribution in [0.1, 0.15) is 5.69 Å². The van der Waals surface area contributed by atoms with Crippen molar-refractivity contribution in [2.24, 2.45) is 0 Å². The first-order valence-corrected chi connectivity index (χ1v) is 5.65. The Morgan fingerprint density at radius 3 is 2.53 bits per heavy atom. The first kappa shape index (κ1) is 10.6. The predicted molar refractivity (Wildman–Crippen MR) is 60.9 cm³/mol. The zero-order valence-electron chi connectivity index (χ0n) is 9.69. The van der Waals surface area contributed by atoms with Gasteiger partial charge in [-0.05, 0) is 20.0 Å². The summed E-state index contributed by atoms with van der Waals surface area (Å²) in [4.78, 5) is 4.89. The maximum absolute atomic E-state index is 4.39. The Bertz CT molecular complexity index is 299. The summed E-state index contributed by atoms with van der Waals surface area (Å²) in [5.74, 6) is 0. The summed E-state index contributed by atoms with van der Waals surface area (Å²) in [5, 5.41) is 4.39. The molecule has 0 aromatic carbocycles. The summed E-state index contributed by atoms with van der Waals surface area (Å²) < 4.78 is 2.04. The van der Waals surface area contributed by atoms with Gasteiger partial charge in [0.15, 0.2) is 0 Å². The molecule has 2 heterocycles. The monoisotopic (exact) mass is 208 g/mol. The molecule has 1 aromatic rings. The van der Waals surface area contributed by atoms with Gasteiger partial charge in [0.25, 0.3) is 0 Å². The predicted octanol–water partition coefficient (Wildman–Crippen LogP) is 0.439. The molecule has 0 atom stereocenters. The van der Waals surface area contributed by atoms with E-state index in [2.05, 4.69) is 34.2 Å². The van der Waals surface area contributed by atoms with E-state index in [1.807, 2.05) is 11.6 Å². The van der Waals surface area contributed by atoms with Crippen molar-refractivity contribution in [2.75, 3.05) is 39.8 Å². The van der Waals surface area contributed by atoms with Crippen molar-refractivity contribution in [1.82, 2.24) is 19.6 Å². The van der Waals surface area contributed by atoms with Gasteiger partial charge in [0, 0.05) is 38.9 Å². The van der Waals surface area contributed by atoms with Crippen LogP contribution in [0.4, 0.5) is 0 Å². The van der Waals surface area contributed by atoms with Gasteiger partial charge in [-0.3, -0.25) is 9.58 Å². The Morgan fingerprint density at radius 2 is 1.93 bits per heavy atom. The minimum atomic E-state index is 1.01. The van der Waals surface area contributed by atoms with Crippen LogP contribution in [0.15, 0.2) is 12.3 Å². The molecule has 0 amide bonds. The van der Waals surface area contributed by atoms with E-state index in [9.17, 15) is 0 Å². The molecule has 0 saturated carbocycles. The van der Waals surface area contributed by atoms with Crippen LogP contribution >= 0.6 is 0 Å². The maximum Gasteiger partial charge on any atom is 0.0593 e. The van der Waals surface area contributed by atoms with Crippen molar-refractivity contribution in [3.05, 3.63) is 18.0 Å². The van der Waals surface area contributed by atoms with Crippen molar-refractivity contribution in [1.29, 1.82) is 0 Å². The number of aromatic nitrogens is 2. The third kappa shape index (κ3) is 3.04. The average Bonchev–Trinajstić information content (AvgIpc) is 2.64. The number of aryl methyl sites for hydroxylation is 1. The highest BCUT2D eigenvalue weighted by molar-refractivity contribution is 4.94. The number of rotatable bonds is 3. The summed E-state index contributed by atoms with van der Waals surface area (Å²) in [5.41, 5.74) is 1.10. The molecule has 0 unspecified atom stereocenters. The third-order valence-electron chi connectivity index (χ3n) is 3.02. The second kappa shape index (κ2) is 4.77. The maximum atomic E-state index is 4.39. The van der Waals surface area contributed by atoms with Gasteiger partial charge in [0.05, 0.1) is 12.2 Å². The molecule has 84 valence electrons. The van der Waals surface area contributed by atoms with Gasteiger partial charge in [-0.2, -0.15) is 5.10 Å². The highest BCUT2D eigenvalue weighted by atomic mass is 15.3. The number of hydrogen-bond donors (Lipinski definition) is 0. The van der Waals surface area contributed by atoms with Gasteiger partial charge in [0.2, 0.25) is 0 Å². The third-order valence-corrected chi connectivity index (χ3v) is 3.02. The zero-order chi connectivity index (χ0) is 10.7. The normalized spacial score (nSPS) is 19.6. The largest absolute Gasteiger partial charge is 0.304 e. The SMILES string of the molecule is Cc1ccn(CCN2CCN(C)CC2)n1. The first-order valence-electron chi connectivity index (χ1n) is 5.65. The molecule has 1 aliphatic rings. The Labute approximate surface area is 91.5 Å². The van der Waals surface area contributed by atoms with Gasteiger partial charge in [-0.25, -0.2) is 0 Å². The lowest BCUT2D eigenvalue weighted by Gasteiger charge is -2.32. The lowest BCUT2D eigenvalue weighted by Crippen LogP contribution is -2.45. The molecule has 0 aliphatic carbocycles. The van der Waals surface area contributed by atoms with Gasteiger partial charge in [0.1, 0.15) is 0 Å². The topological polar surface area (TPSA) is 24.3 Å². The zero-order valence-corrected chi connectivity index (χ0v) is 9.69. The van der Waals surface area contributed by atoms with Crippen molar-refractivity contribution < 1.29 is 0 Å². The summed E-state index contributed by atoms with van der Waals surface area (Å²) in [6.45, 7) is 8.93. The lowest BCUT2D eigenvalue weighted by molar-refractivity contribution is 0.148. The first-order chi connectivity index (χ1) is 7.24. The molecule has 0 bridgehead atoms. The van der Waals surface area contributed by atoms with Crippen LogP contribution in [0.2, 0.25) is 0 Å². The lowest BCUT2D eigenvalue weighted by atomic mass is 10.3. The second-order valence-corrected chi connectivity index (χ2v) is 4.37. The Balaban J connectivity index is 1.74. The molecule has 2 rings (SSSR count). The van der Waals surface area contributed by atoms with Crippen molar-refractivity contribution in [2.45, 2.75) is 13.5 Å². The summed E-state index contributed by atoms with van der Waals surface area (Å²) >= 11 is 0. The van der Waals surface area contributed by atoms with E-state index in [0.29, 0.717) is 0 Å². The Hall–Kier alpha value is -0.870. The van der Waals surface area contributed by atoms with E-state index in [4.69, 9.17) is 0 Å². The Morgan fingerprint density at radius 1 is 1.20 bits per heavy atom. The Kier molecular flexibility index (Phi) is 3.38. The molecular formula is C11H20N4. The van der Waals surface area contributed by atoms with Crippen LogP contribution in [0, 0.1) is 6.92 Å². The van der Waals surface area contributed by atoms with Crippen LogP contribution < -0.4 is 0 Å². The standard InChI is InChI=1S/C11H20N4/c1-11-3-4-15(12-11)10-9-14-7-5-13(2)6-8-14/h3-4H,5-10H2,1-2H3. The van der Waals surface area contributed by atoms with Crippen LogP contribution in [0.3, 0.4) is 0 Å². The molecule has 1 fully saturated rings. The van der Waals surface area contributed by atoms with Crippen LogP contribution in [0.5, 0.6) is 0 Å². The number of likely N-dealkylation sites (N-methyl/N-ethyl adjacent to an activating group) is 1.